The second-order valence-corrected chi connectivity index (χ2v) is 16.1. The summed E-state index contributed by atoms with van der Waals surface area (Å²) in [6, 6.07) is 23.1. The third kappa shape index (κ3) is 7.25. The van der Waals surface area contributed by atoms with E-state index in [1.54, 1.807) is 17.5 Å². The third-order valence-corrected chi connectivity index (χ3v) is 12.1. The maximum absolute atomic E-state index is 13.7. The van der Waals surface area contributed by atoms with E-state index in [4.69, 9.17) is 31.2 Å². The summed E-state index contributed by atoms with van der Waals surface area (Å²) in [7, 11) is -4.11. The lowest BCUT2D eigenvalue weighted by molar-refractivity contribution is 0.576. The summed E-state index contributed by atoms with van der Waals surface area (Å²) < 4.78 is 50.7. The predicted molar refractivity (Wildman–Crippen MR) is 208 cm³/mol. The molecule has 0 saturated carbocycles. The number of oxazole rings is 1. The van der Waals surface area contributed by atoms with Crippen LogP contribution in [0.25, 0.3) is 33.4 Å². The quantitative estimate of drug-likeness (QED) is 0.128. The van der Waals surface area contributed by atoms with Crippen molar-refractivity contribution in [2.45, 2.75) is 56.5 Å². The van der Waals surface area contributed by atoms with Gasteiger partial charge >= 0.3 is 0 Å². The topological polar surface area (TPSA) is 146 Å². The van der Waals surface area contributed by atoms with Crippen molar-refractivity contribution in [1.82, 2.24) is 39.6 Å². The van der Waals surface area contributed by atoms with Crippen molar-refractivity contribution in [2.75, 3.05) is 5.32 Å². The number of hydrogen-bond acceptors (Lipinski definition) is 11. The van der Waals surface area contributed by atoms with Crippen molar-refractivity contribution in [3.05, 3.63) is 135 Å². The molecule has 0 fully saturated rings. The first-order valence-electron chi connectivity index (χ1n) is 17.4. The SMILES string of the molecule is CCc1nnc2sc(CCc3c(C)nn(-c4cccc(-c5ccc(CNc6oc(-c7ccc(F)cc7)nc6S(=O)(=O)c6ccc(Cl)cc6)cn5)c4)c3C)nn12. The number of nitrogens with one attached hydrogen (secondary N) is 1. The molecule has 8 rings (SSSR count). The Labute approximate surface area is 324 Å². The van der Waals surface area contributed by atoms with Gasteiger partial charge in [-0.2, -0.15) is 19.7 Å². The standard InChI is InChI=1S/C39H33ClFN9O3S2/c1-4-34-45-46-39-50(34)48-35(54-39)19-17-32-23(2)47-49(24(32)3)30-7-5-6-27(20-30)33-18-8-25(21-42-33)22-43-37-38(55(51,52)31-15-11-28(40)12-16-31)44-36(53-37)26-9-13-29(41)14-10-26/h5-16,18,20-21,43H,4,17,19,22H2,1-3H3. The van der Waals surface area contributed by atoms with E-state index in [-0.39, 0.29) is 28.2 Å². The summed E-state index contributed by atoms with van der Waals surface area (Å²) in [6.07, 6.45) is 4.08. The van der Waals surface area contributed by atoms with Gasteiger partial charge in [0.15, 0.2) is 5.82 Å². The van der Waals surface area contributed by atoms with Crippen molar-refractivity contribution in [1.29, 1.82) is 0 Å². The van der Waals surface area contributed by atoms with Gasteiger partial charge in [-0.1, -0.05) is 48.1 Å². The van der Waals surface area contributed by atoms with Gasteiger partial charge in [-0.25, -0.2) is 17.5 Å². The van der Waals surface area contributed by atoms with E-state index < -0.39 is 15.7 Å². The maximum atomic E-state index is 13.7. The molecular weight excluding hydrogens is 761 g/mol. The molecule has 8 aromatic rings. The number of hydrogen-bond donors (Lipinski definition) is 1. The van der Waals surface area contributed by atoms with Crippen molar-refractivity contribution in [3.63, 3.8) is 0 Å². The van der Waals surface area contributed by atoms with Crippen molar-refractivity contribution in [3.8, 4) is 28.4 Å². The molecule has 3 aromatic carbocycles. The van der Waals surface area contributed by atoms with Gasteiger partial charge in [-0.15, -0.1) is 10.2 Å². The van der Waals surface area contributed by atoms with E-state index in [1.165, 1.54) is 54.1 Å². The lowest BCUT2D eigenvalue weighted by atomic mass is 10.1. The molecule has 12 nitrogen and oxygen atoms in total. The van der Waals surface area contributed by atoms with E-state index in [2.05, 4.69) is 33.5 Å². The Morgan fingerprint density at radius 2 is 1.73 bits per heavy atom. The maximum Gasteiger partial charge on any atom is 0.234 e. The Morgan fingerprint density at radius 3 is 2.47 bits per heavy atom. The summed E-state index contributed by atoms with van der Waals surface area (Å²) >= 11 is 7.57. The smallest absolute Gasteiger partial charge is 0.234 e. The first kappa shape index (κ1) is 36.2. The van der Waals surface area contributed by atoms with Gasteiger partial charge in [0, 0.05) is 47.4 Å². The minimum Gasteiger partial charge on any atom is -0.419 e. The zero-order valence-corrected chi connectivity index (χ0v) is 32.3. The minimum atomic E-state index is -4.11. The highest BCUT2D eigenvalue weighted by Gasteiger charge is 2.29. The Kier molecular flexibility index (Phi) is 9.75. The van der Waals surface area contributed by atoms with Crippen molar-refractivity contribution in [2.24, 2.45) is 0 Å². The fourth-order valence-electron chi connectivity index (χ4n) is 6.26. The van der Waals surface area contributed by atoms with Crippen LogP contribution >= 0.6 is 22.9 Å². The fraction of sp³-hybridized carbons (Fsp3) is 0.179. The summed E-state index contributed by atoms with van der Waals surface area (Å²) in [5, 5.41) is 22.2. The van der Waals surface area contributed by atoms with Crippen LogP contribution in [0.5, 0.6) is 0 Å². The first-order chi connectivity index (χ1) is 26.6. The summed E-state index contributed by atoms with van der Waals surface area (Å²) in [4.78, 5) is 9.86. The number of sulfone groups is 1. The molecule has 5 aromatic heterocycles. The molecule has 0 aliphatic carbocycles. The molecule has 5 heterocycles. The van der Waals surface area contributed by atoms with E-state index in [1.807, 2.05) is 53.4 Å². The lowest BCUT2D eigenvalue weighted by Crippen LogP contribution is -2.07. The molecule has 0 bridgehead atoms. The molecule has 0 spiro atoms. The van der Waals surface area contributed by atoms with Crippen LogP contribution in [0.1, 0.15) is 40.3 Å². The predicted octanol–water partition coefficient (Wildman–Crippen LogP) is 8.29. The van der Waals surface area contributed by atoms with Crippen molar-refractivity contribution < 1.29 is 17.2 Å². The van der Waals surface area contributed by atoms with Crippen LogP contribution < -0.4 is 5.32 Å². The number of benzene rings is 3. The number of anilines is 1. The normalized spacial score (nSPS) is 11.8. The highest BCUT2D eigenvalue weighted by molar-refractivity contribution is 7.91. The number of pyridine rings is 1. The molecule has 0 atom stereocenters. The molecule has 278 valence electrons. The second kappa shape index (κ2) is 14.8. The fourth-order valence-corrected chi connectivity index (χ4v) is 8.52. The number of aryl methyl sites for hydroxylation is 3. The highest BCUT2D eigenvalue weighted by Crippen LogP contribution is 2.33. The molecule has 0 unspecified atom stereocenters. The first-order valence-corrected chi connectivity index (χ1v) is 20.1. The van der Waals surface area contributed by atoms with Crippen molar-refractivity contribution >= 4 is 43.6 Å². The molecule has 0 aliphatic heterocycles. The Balaban J connectivity index is 0.993. The van der Waals surface area contributed by atoms with Gasteiger partial charge in [0.2, 0.25) is 31.6 Å². The molecule has 0 amide bonds. The number of nitrogens with zero attached hydrogens (tertiary/aromatic N) is 8. The molecule has 0 saturated heterocycles. The average Bonchev–Trinajstić information content (AvgIpc) is 3.97. The van der Waals surface area contributed by atoms with Gasteiger partial charge in [-0.3, -0.25) is 4.98 Å². The highest BCUT2D eigenvalue weighted by atomic mass is 35.5. The van der Waals surface area contributed by atoms with Gasteiger partial charge in [-0.05, 0) is 98.1 Å². The van der Waals surface area contributed by atoms with Crippen LogP contribution in [0, 0.1) is 19.7 Å². The van der Waals surface area contributed by atoms with Crippen LogP contribution in [-0.4, -0.2) is 48.0 Å². The average molecular weight is 794 g/mol. The van der Waals surface area contributed by atoms with Gasteiger partial charge in [0.05, 0.1) is 22.0 Å². The lowest BCUT2D eigenvalue weighted by Gasteiger charge is -2.09. The number of aromatic nitrogens is 8. The zero-order valence-electron chi connectivity index (χ0n) is 29.9. The van der Waals surface area contributed by atoms with Crippen LogP contribution in [0.15, 0.2) is 105 Å². The Hall–Kier alpha value is -5.77. The van der Waals surface area contributed by atoms with Gasteiger partial charge < -0.3 is 9.73 Å². The van der Waals surface area contributed by atoms with Gasteiger partial charge in [0.1, 0.15) is 10.8 Å². The Morgan fingerprint density at radius 1 is 0.927 bits per heavy atom. The van der Waals surface area contributed by atoms with E-state index in [9.17, 15) is 12.8 Å². The third-order valence-electron chi connectivity index (χ3n) is 9.17. The van der Waals surface area contributed by atoms with Crippen LogP contribution in [0.2, 0.25) is 5.02 Å². The zero-order chi connectivity index (χ0) is 38.3. The summed E-state index contributed by atoms with van der Waals surface area (Å²) in [6.45, 7) is 6.34. The molecule has 1 N–H and O–H groups in total. The van der Waals surface area contributed by atoms with E-state index in [0.717, 1.165) is 69.0 Å². The van der Waals surface area contributed by atoms with Gasteiger partial charge in [0.25, 0.3) is 0 Å². The molecule has 55 heavy (non-hydrogen) atoms. The molecular formula is C39H33ClFN9O3S2. The van der Waals surface area contributed by atoms with E-state index in [0.29, 0.717) is 10.6 Å². The molecule has 0 radical (unpaired) electrons. The second-order valence-electron chi connectivity index (χ2n) is 12.8. The van der Waals surface area contributed by atoms with E-state index >= 15 is 0 Å². The monoisotopic (exact) mass is 793 g/mol. The number of fused-ring (bicyclic) bond motifs is 1. The van der Waals surface area contributed by atoms with Crippen LogP contribution in [-0.2, 0) is 35.6 Å². The van der Waals surface area contributed by atoms with Crippen LogP contribution in [0.4, 0.5) is 10.3 Å². The summed E-state index contributed by atoms with van der Waals surface area (Å²) in [5.41, 5.74) is 6.99. The number of rotatable bonds is 12. The summed E-state index contributed by atoms with van der Waals surface area (Å²) in [5.74, 6) is 0.392. The van der Waals surface area contributed by atoms with Crippen LogP contribution in [0.3, 0.4) is 0 Å². The Bertz CT molecular complexity index is 2760. The largest absolute Gasteiger partial charge is 0.419 e. The minimum absolute atomic E-state index is 0.000594. The number of halogens is 2. The molecule has 0 aliphatic rings. The molecule has 16 heteroatoms.